The van der Waals surface area contributed by atoms with E-state index in [2.05, 4.69) is 0 Å². The predicted octanol–water partition coefficient (Wildman–Crippen LogP) is 4.35. The van der Waals surface area contributed by atoms with Gasteiger partial charge in [0.15, 0.2) is 17.3 Å². The van der Waals surface area contributed by atoms with Crippen molar-refractivity contribution in [3.8, 4) is 17.2 Å². The Bertz CT molecular complexity index is 721. The van der Waals surface area contributed by atoms with Crippen molar-refractivity contribution in [2.45, 2.75) is 6.92 Å². The number of ether oxygens (including phenoxy) is 2. The zero-order valence-corrected chi connectivity index (χ0v) is 13.6. The van der Waals surface area contributed by atoms with Crippen LogP contribution in [0.3, 0.4) is 0 Å². The Morgan fingerprint density at radius 3 is 2.57 bits per heavy atom. The summed E-state index contributed by atoms with van der Waals surface area (Å²) in [5.41, 5.74) is 1.22. The summed E-state index contributed by atoms with van der Waals surface area (Å²) in [5.74, 6) is 0.732. The Labute approximate surface area is 139 Å². The quantitative estimate of drug-likeness (QED) is 0.631. The molecule has 0 fully saturated rings. The van der Waals surface area contributed by atoms with Gasteiger partial charge in [-0.1, -0.05) is 17.7 Å². The van der Waals surface area contributed by atoms with Crippen molar-refractivity contribution < 1.29 is 19.4 Å². The molecule has 0 radical (unpaired) electrons. The molecule has 0 spiro atoms. The van der Waals surface area contributed by atoms with Crippen molar-refractivity contribution in [3.05, 3.63) is 58.6 Å². The third-order valence-electron chi connectivity index (χ3n) is 3.15. The van der Waals surface area contributed by atoms with Crippen molar-refractivity contribution >= 4 is 23.5 Å². The number of rotatable bonds is 6. The monoisotopic (exact) mass is 332 g/mol. The smallest absolute Gasteiger partial charge is 0.185 e. The van der Waals surface area contributed by atoms with Crippen molar-refractivity contribution in [3.63, 3.8) is 0 Å². The van der Waals surface area contributed by atoms with Gasteiger partial charge in [0.25, 0.3) is 0 Å². The molecule has 0 saturated heterocycles. The van der Waals surface area contributed by atoms with Gasteiger partial charge in [-0.05, 0) is 55.0 Å². The van der Waals surface area contributed by atoms with E-state index in [0.717, 1.165) is 0 Å². The number of phenolic OH excluding ortho intramolecular Hbond substituents is 1. The number of phenols is 1. The van der Waals surface area contributed by atoms with E-state index in [0.29, 0.717) is 23.5 Å². The van der Waals surface area contributed by atoms with E-state index < -0.39 is 0 Å². The molecule has 0 unspecified atom stereocenters. The molecule has 120 valence electrons. The highest BCUT2D eigenvalue weighted by atomic mass is 35.5. The first-order chi connectivity index (χ1) is 11.0. The second kappa shape index (κ2) is 7.70. The molecule has 2 aromatic carbocycles. The molecule has 0 saturated carbocycles. The maximum absolute atomic E-state index is 12.1. The summed E-state index contributed by atoms with van der Waals surface area (Å²) in [6, 6.07) is 10.0. The van der Waals surface area contributed by atoms with Crippen molar-refractivity contribution in [2.24, 2.45) is 0 Å². The lowest BCUT2D eigenvalue weighted by Crippen LogP contribution is -1.95. The molecular weight excluding hydrogens is 316 g/mol. The minimum atomic E-state index is -0.144. The fourth-order valence-electron chi connectivity index (χ4n) is 1.98. The minimum Gasteiger partial charge on any atom is -0.503 e. The molecule has 5 heteroatoms. The summed E-state index contributed by atoms with van der Waals surface area (Å²) in [6.07, 6.45) is 3.07. The Morgan fingerprint density at radius 1 is 1.26 bits per heavy atom. The molecule has 4 nitrogen and oxygen atoms in total. The Morgan fingerprint density at radius 2 is 1.96 bits per heavy atom. The molecule has 0 heterocycles. The molecule has 0 amide bonds. The van der Waals surface area contributed by atoms with Gasteiger partial charge in [-0.15, -0.1) is 0 Å². The van der Waals surface area contributed by atoms with Crippen LogP contribution in [-0.2, 0) is 0 Å². The van der Waals surface area contributed by atoms with E-state index in [9.17, 15) is 9.90 Å². The van der Waals surface area contributed by atoms with Gasteiger partial charge in [-0.3, -0.25) is 4.79 Å². The first-order valence-corrected chi connectivity index (χ1v) is 7.44. The van der Waals surface area contributed by atoms with Gasteiger partial charge >= 0.3 is 0 Å². The molecule has 0 aliphatic carbocycles. The van der Waals surface area contributed by atoms with Crippen LogP contribution in [-0.4, -0.2) is 24.6 Å². The van der Waals surface area contributed by atoms with Crippen molar-refractivity contribution in [1.82, 2.24) is 0 Å². The van der Waals surface area contributed by atoms with Crippen molar-refractivity contribution in [1.29, 1.82) is 0 Å². The number of aromatic hydroxyl groups is 1. The molecule has 23 heavy (non-hydrogen) atoms. The van der Waals surface area contributed by atoms with E-state index in [1.165, 1.54) is 6.08 Å². The number of halogens is 1. The standard InChI is InChI=1S/C18H17ClO4/c1-3-23-17-11-12(10-15(19)18(17)21)4-9-16(20)13-5-7-14(22-2)8-6-13/h4-11,21H,3H2,1-2H3. The Kier molecular flexibility index (Phi) is 5.66. The SMILES string of the molecule is CCOc1cc(C=CC(=O)c2ccc(OC)cc2)cc(Cl)c1O. The molecule has 0 aromatic heterocycles. The van der Waals surface area contributed by atoms with E-state index >= 15 is 0 Å². The summed E-state index contributed by atoms with van der Waals surface area (Å²) in [5, 5.41) is 9.97. The van der Waals surface area contributed by atoms with Crippen LogP contribution < -0.4 is 9.47 Å². The average molecular weight is 333 g/mol. The summed E-state index contributed by atoms with van der Waals surface area (Å²) in [6.45, 7) is 2.21. The zero-order valence-electron chi connectivity index (χ0n) is 12.9. The number of methoxy groups -OCH3 is 1. The van der Waals surface area contributed by atoms with Crippen LogP contribution in [0, 0.1) is 0 Å². The van der Waals surface area contributed by atoms with Crippen molar-refractivity contribution in [2.75, 3.05) is 13.7 Å². The average Bonchev–Trinajstić information content (AvgIpc) is 2.57. The number of ketones is 1. The molecule has 1 N–H and O–H groups in total. The molecule has 2 aromatic rings. The van der Waals surface area contributed by atoms with Crippen LogP contribution in [0.25, 0.3) is 6.08 Å². The van der Waals surface area contributed by atoms with E-state index in [4.69, 9.17) is 21.1 Å². The van der Waals surface area contributed by atoms with Crippen LogP contribution >= 0.6 is 11.6 Å². The summed E-state index contributed by atoms with van der Waals surface area (Å²) >= 11 is 5.96. The number of carbonyl (C=O) groups is 1. The fraction of sp³-hybridized carbons (Fsp3) is 0.167. The van der Waals surface area contributed by atoms with E-state index in [-0.39, 0.29) is 22.3 Å². The highest BCUT2D eigenvalue weighted by Gasteiger charge is 2.09. The second-order valence-corrected chi connectivity index (χ2v) is 5.12. The van der Waals surface area contributed by atoms with E-state index in [1.54, 1.807) is 49.6 Å². The minimum absolute atomic E-state index is 0.104. The molecule has 2 rings (SSSR count). The topological polar surface area (TPSA) is 55.8 Å². The molecule has 0 aliphatic rings. The lowest BCUT2D eigenvalue weighted by molar-refractivity contribution is 0.104. The summed E-state index contributed by atoms with van der Waals surface area (Å²) < 4.78 is 10.4. The predicted molar refractivity (Wildman–Crippen MR) is 90.6 cm³/mol. The van der Waals surface area contributed by atoms with Crippen LogP contribution in [0.5, 0.6) is 17.2 Å². The van der Waals surface area contributed by atoms with E-state index in [1.807, 2.05) is 6.92 Å². The normalized spacial score (nSPS) is 10.7. The number of hydrogen-bond acceptors (Lipinski definition) is 4. The van der Waals surface area contributed by atoms with Gasteiger partial charge in [-0.2, -0.15) is 0 Å². The molecule has 0 atom stereocenters. The Balaban J connectivity index is 2.20. The highest BCUT2D eigenvalue weighted by Crippen LogP contribution is 2.35. The fourth-order valence-corrected chi connectivity index (χ4v) is 2.20. The molecular formula is C18H17ClO4. The van der Waals surface area contributed by atoms with Gasteiger partial charge in [0.05, 0.1) is 18.7 Å². The lowest BCUT2D eigenvalue weighted by atomic mass is 10.1. The molecule has 0 bridgehead atoms. The first-order valence-electron chi connectivity index (χ1n) is 7.07. The second-order valence-electron chi connectivity index (χ2n) is 4.71. The maximum atomic E-state index is 12.1. The number of hydrogen-bond donors (Lipinski definition) is 1. The largest absolute Gasteiger partial charge is 0.503 e. The Hall–Kier alpha value is -2.46. The number of carbonyl (C=O) groups excluding carboxylic acids is 1. The van der Waals surface area contributed by atoms with Crippen LogP contribution in [0.1, 0.15) is 22.8 Å². The van der Waals surface area contributed by atoms with Gasteiger partial charge in [0.2, 0.25) is 0 Å². The lowest BCUT2D eigenvalue weighted by Gasteiger charge is -2.08. The number of benzene rings is 2. The van der Waals surface area contributed by atoms with Gasteiger partial charge in [0, 0.05) is 5.56 Å². The maximum Gasteiger partial charge on any atom is 0.185 e. The summed E-state index contributed by atoms with van der Waals surface area (Å²) in [4.78, 5) is 12.1. The van der Waals surface area contributed by atoms with Crippen LogP contribution in [0.4, 0.5) is 0 Å². The van der Waals surface area contributed by atoms with Crippen LogP contribution in [0.2, 0.25) is 5.02 Å². The summed E-state index contributed by atoms with van der Waals surface area (Å²) in [7, 11) is 1.57. The highest BCUT2D eigenvalue weighted by molar-refractivity contribution is 6.32. The number of allylic oxidation sites excluding steroid dienone is 1. The molecule has 0 aliphatic heterocycles. The third kappa shape index (κ3) is 4.27. The van der Waals surface area contributed by atoms with Gasteiger partial charge in [-0.25, -0.2) is 0 Å². The van der Waals surface area contributed by atoms with Gasteiger partial charge < -0.3 is 14.6 Å². The van der Waals surface area contributed by atoms with Gasteiger partial charge in [0.1, 0.15) is 5.75 Å². The first kappa shape index (κ1) is 16.9. The zero-order chi connectivity index (χ0) is 16.8. The third-order valence-corrected chi connectivity index (χ3v) is 3.44. The van der Waals surface area contributed by atoms with Crippen LogP contribution in [0.15, 0.2) is 42.5 Å².